The Kier molecular flexibility index (Phi) is 4.64. The number of pyridine rings is 1. The van der Waals surface area contributed by atoms with E-state index in [2.05, 4.69) is 14.7 Å². The molecule has 0 atom stereocenters. The fraction of sp³-hybridized carbons (Fsp3) is 0.143. The standard InChI is InChI=1S/C21H19N3O2S2/c1-13-11-15(3)19(12-14(13)2)28(25,26)24-17-8-6-16(7-9-17)20-23-18-5-4-10-22-21(18)27-20/h4-12,24H,1-3H3. The van der Waals surface area contributed by atoms with Crippen molar-refractivity contribution < 1.29 is 8.42 Å². The smallest absolute Gasteiger partial charge is 0.262 e. The van der Waals surface area contributed by atoms with Gasteiger partial charge in [-0.05, 0) is 79.9 Å². The SMILES string of the molecule is Cc1cc(C)c(S(=O)(=O)Nc2ccc(-c3nc4cccnc4s3)cc2)cc1C. The van der Waals surface area contributed by atoms with Crippen LogP contribution < -0.4 is 4.72 Å². The van der Waals surface area contributed by atoms with E-state index in [1.807, 2.05) is 51.1 Å². The summed E-state index contributed by atoms with van der Waals surface area (Å²) in [4.78, 5) is 10.1. The van der Waals surface area contributed by atoms with E-state index in [0.29, 0.717) is 10.6 Å². The predicted molar refractivity (Wildman–Crippen MR) is 114 cm³/mol. The molecule has 2 aromatic heterocycles. The molecule has 142 valence electrons. The number of hydrogen-bond acceptors (Lipinski definition) is 5. The molecular formula is C21H19N3O2S2. The summed E-state index contributed by atoms with van der Waals surface area (Å²) >= 11 is 1.51. The monoisotopic (exact) mass is 409 g/mol. The first-order valence-corrected chi connectivity index (χ1v) is 11.1. The molecule has 2 aromatic carbocycles. The van der Waals surface area contributed by atoms with Gasteiger partial charge in [0.1, 0.15) is 15.4 Å². The number of nitrogens with zero attached hydrogens (tertiary/aromatic N) is 2. The second kappa shape index (κ2) is 7.00. The van der Waals surface area contributed by atoms with Crippen LogP contribution in [0.4, 0.5) is 5.69 Å². The van der Waals surface area contributed by atoms with Gasteiger partial charge in [-0.2, -0.15) is 0 Å². The minimum atomic E-state index is -3.65. The first-order chi connectivity index (χ1) is 13.3. The molecule has 28 heavy (non-hydrogen) atoms. The van der Waals surface area contributed by atoms with Gasteiger partial charge in [-0.15, -0.1) is 0 Å². The van der Waals surface area contributed by atoms with Crippen LogP contribution in [0.25, 0.3) is 20.9 Å². The zero-order valence-electron chi connectivity index (χ0n) is 15.7. The number of aryl methyl sites for hydroxylation is 3. The number of fused-ring (bicyclic) bond motifs is 1. The van der Waals surface area contributed by atoms with Crippen molar-refractivity contribution in [3.8, 4) is 10.6 Å². The van der Waals surface area contributed by atoms with Crippen molar-refractivity contribution in [1.29, 1.82) is 0 Å². The van der Waals surface area contributed by atoms with Crippen molar-refractivity contribution in [1.82, 2.24) is 9.97 Å². The lowest BCUT2D eigenvalue weighted by atomic mass is 10.1. The Morgan fingerprint density at radius 1 is 0.929 bits per heavy atom. The summed E-state index contributed by atoms with van der Waals surface area (Å²) in [5, 5.41) is 0.855. The Bertz CT molecular complexity index is 1240. The van der Waals surface area contributed by atoms with E-state index < -0.39 is 10.0 Å². The van der Waals surface area contributed by atoms with Crippen LogP contribution in [0.15, 0.2) is 59.6 Å². The highest BCUT2D eigenvalue weighted by atomic mass is 32.2. The third kappa shape index (κ3) is 3.50. The molecule has 0 aliphatic carbocycles. The molecule has 0 unspecified atom stereocenters. The first kappa shape index (κ1) is 18.6. The van der Waals surface area contributed by atoms with Crippen molar-refractivity contribution in [3.05, 3.63) is 71.4 Å². The van der Waals surface area contributed by atoms with Gasteiger partial charge in [0.2, 0.25) is 0 Å². The van der Waals surface area contributed by atoms with Crippen LogP contribution in [0.5, 0.6) is 0 Å². The molecule has 7 heteroatoms. The van der Waals surface area contributed by atoms with Crippen LogP contribution in [-0.4, -0.2) is 18.4 Å². The van der Waals surface area contributed by atoms with E-state index in [9.17, 15) is 8.42 Å². The first-order valence-electron chi connectivity index (χ1n) is 8.76. The van der Waals surface area contributed by atoms with Gasteiger partial charge < -0.3 is 0 Å². The van der Waals surface area contributed by atoms with Crippen molar-refractivity contribution in [2.45, 2.75) is 25.7 Å². The molecule has 4 rings (SSSR count). The van der Waals surface area contributed by atoms with Gasteiger partial charge >= 0.3 is 0 Å². The Labute approximate surface area is 168 Å². The number of anilines is 1. The second-order valence-corrected chi connectivity index (χ2v) is 9.36. The molecule has 0 aliphatic rings. The highest BCUT2D eigenvalue weighted by molar-refractivity contribution is 7.92. The summed E-state index contributed by atoms with van der Waals surface area (Å²) in [5.41, 5.74) is 5.05. The number of sulfonamides is 1. The Morgan fingerprint density at radius 3 is 2.36 bits per heavy atom. The van der Waals surface area contributed by atoms with Crippen LogP contribution in [0.3, 0.4) is 0 Å². The molecule has 0 saturated carbocycles. The summed E-state index contributed by atoms with van der Waals surface area (Å²) < 4.78 is 28.3. The fourth-order valence-corrected chi connectivity index (χ4v) is 5.29. The molecule has 0 bridgehead atoms. The van der Waals surface area contributed by atoms with E-state index >= 15 is 0 Å². The molecule has 0 amide bonds. The summed E-state index contributed by atoms with van der Waals surface area (Å²) in [6, 6.07) is 14.6. The maximum Gasteiger partial charge on any atom is 0.262 e. The topological polar surface area (TPSA) is 72.0 Å². The number of rotatable bonds is 4. The quantitative estimate of drug-likeness (QED) is 0.510. The largest absolute Gasteiger partial charge is 0.280 e. The lowest BCUT2D eigenvalue weighted by molar-refractivity contribution is 0.600. The molecule has 1 N–H and O–H groups in total. The highest BCUT2D eigenvalue weighted by Gasteiger charge is 2.18. The average molecular weight is 410 g/mol. The molecule has 0 radical (unpaired) electrons. The lowest BCUT2D eigenvalue weighted by Gasteiger charge is -2.13. The van der Waals surface area contributed by atoms with Crippen molar-refractivity contribution in [3.63, 3.8) is 0 Å². The minimum absolute atomic E-state index is 0.303. The van der Waals surface area contributed by atoms with E-state index in [1.54, 1.807) is 24.4 Å². The van der Waals surface area contributed by atoms with Gasteiger partial charge in [-0.25, -0.2) is 18.4 Å². The minimum Gasteiger partial charge on any atom is -0.280 e. The van der Waals surface area contributed by atoms with Crippen LogP contribution in [-0.2, 0) is 10.0 Å². The van der Waals surface area contributed by atoms with Gasteiger partial charge in [0.05, 0.1) is 4.90 Å². The summed E-state index contributed by atoms with van der Waals surface area (Å²) in [6.45, 7) is 5.70. The molecule has 4 aromatic rings. The van der Waals surface area contributed by atoms with Crippen molar-refractivity contribution >= 4 is 37.4 Å². The van der Waals surface area contributed by atoms with Gasteiger partial charge in [0.15, 0.2) is 0 Å². The van der Waals surface area contributed by atoms with Crippen LogP contribution in [0, 0.1) is 20.8 Å². The van der Waals surface area contributed by atoms with Gasteiger partial charge in [-0.1, -0.05) is 17.4 Å². The van der Waals surface area contributed by atoms with Gasteiger partial charge in [0.25, 0.3) is 10.0 Å². The van der Waals surface area contributed by atoms with Gasteiger partial charge in [-0.3, -0.25) is 4.72 Å². The van der Waals surface area contributed by atoms with Crippen LogP contribution >= 0.6 is 11.3 Å². The molecule has 0 saturated heterocycles. The Morgan fingerprint density at radius 2 is 1.64 bits per heavy atom. The normalized spacial score (nSPS) is 11.7. The maximum atomic E-state index is 12.8. The summed E-state index contributed by atoms with van der Waals surface area (Å²) in [5.74, 6) is 0. The second-order valence-electron chi connectivity index (χ2n) is 6.73. The van der Waals surface area contributed by atoms with Crippen molar-refractivity contribution in [2.75, 3.05) is 4.72 Å². The van der Waals surface area contributed by atoms with Crippen LogP contribution in [0.1, 0.15) is 16.7 Å². The number of benzene rings is 2. The molecule has 0 spiro atoms. The highest BCUT2D eigenvalue weighted by Crippen LogP contribution is 2.30. The number of aromatic nitrogens is 2. The zero-order valence-corrected chi connectivity index (χ0v) is 17.4. The maximum absolute atomic E-state index is 12.8. The zero-order chi connectivity index (χ0) is 19.9. The van der Waals surface area contributed by atoms with E-state index in [1.165, 1.54) is 11.3 Å². The Balaban J connectivity index is 1.61. The van der Waals surface area contributed by atoms with Crippen molar-refractivity contribution in [2.24, 2.45) is 0 Å². The van der Waals surface area contributed by atoms with E-state index in [4.69, 9.17) is 0 Å². The molecular weight excluding hydrogens is 390 g/mol. The molecule has 5 nitrogen and oxygen atoms in total. The molecule has 0 aliphatic heterocycles. The number of thiazole rings is 1. The molecule has 2 heterocycles. The number of hydrogen-bond donors (Lipinski definition) is 1. The lowest BCUT2D eigenvalue weighted by Crippen LogP contribution is -2.14. The third-order valence-electron chi connectivity index (χ3n) is 4.63. The number of nitrogens with one attached hydrogen (secondary N) is 1. The molecule has 0 fully saturated rings. The summed E-state index contributed by atoms with van der Waals surface area (Å²) in [7, 11) is -3.65. The summed E-state index contributed by atoms with van der Waals surface area (Å²) in [6.07, 6.45) is 1.75. The Hall–Kier alpha value is -2.77. The predicted octanol–water partition coefficient (Wildman–Crippen LogP) is 5.08. The third-order valence-corrected chi connectivity index (χ3v) is 7.18. The van der Waals surface area contributed by atoms with Gasteiger partial charge in [0, 0.05) is 17.4 Å². The van der Waals surface area contributed by atoms with Crippen LogP contribution in [0.2, 0.25) is 0 Å². The average Bonchev–Trinajstić information content (AvgIpc) is 3.09. The van der Waals surface area contributed by atoms with E-state index in [0.717, 1.165) is 37.6 Å². The fourth-order valence-electron chi connectivity index (χ4n) is 3.01. The van der Waals surface area contributed by atoms with E-state index in [-0.39, 0.29) is 0 Å².